The minimum atomic E-state index is -4.40. The Morgan fingerprint density at radius 1 is 1.04 bits per heavy atom. The summed E-state index contributed by atoms with van der Waals surface area (Å²) in [4.78, 5) is -0.326. The van der Waals surface area contributed by atoms with E-state index in [-0.39, 0.29) is 73.5 Å². The van der Waals surface area contributed by atoms with Gasteiger partial charge in [-0.15, -0.1) is 5.75 Å². The van der Waals surface area contributed by atoms with Crippen molar-refractivity contribution < 1.29 is 74.2 Å². The van der Waals surface area contributed by atoms with Crippen molar-refractivity contribution >= 4 is 10.1 Å². The van der Waals surface area contributed by atoms with Crippen molar-refractivity contribution in [3.63, 3.8) is 0 Å². The van der Waals surface area contributed by atoms with Crippen molar-refractivity contribution in [3.8, 4) is 17.2 Å². The van der Waals surface area contributed by atoms with Crippen molar-refractivity contribution in [3.05, 3.63) is 48.0 Å². The van der Waals surface area contributed by atoms with E-state index in [1.807, 2.05) is 0 Å². The molecule has 0 heterocycles. The van der Waals surface area contributed by atoms with Crippen LogP contribution in [0.2, 0.25) is 0 Å². The molecule has 26 heavy (non-hydrogen) atoms. The number of ether oxygens (including phenoxy) is 1. The van der Waals surface area contributed by atoms with Gasteiger partial charge < -0.3 is 9.84 Å². The van der Waals surface area contributed by atoms with Gasteiger partial charge in [-0.25, -0.2) is 0 Å². The molecule has 0 aliphatic carbocycles. The number of unbranched alkanes of at least 4 members (excludes halogenated alkanes) is 4. The SMILES string of the molecule is CCCCCCCc1cc([O-])cc(Oc2ccccc2S(=O)(=O)O)c1.[K+]. The van der Waals surface area contributed by atoms with Crippen molar-refractivity contribution in [2.24, 2.45) is 0 Å². The summed E-state index contributed by atoms with van der Waals surface area (Å²) in [5.41, 5.74) is 0.864. The van der Waals surface area contributed by atoms with Crippen LogP contribution in [0.4, 0.5) is 0 Å². The van der Waals surface area contributed by atoms with Gasteiger partial charge in [0.15, 0.2) is 0 Å². The maximum Gasteiger partial charge on any atom is 1.00 e. The van der Waals surface area contributed by atoms with Crippen LogP contribution >= 0.6 is 0 Å². The first kappa shape index (κ1) is 23.6. The second-order valence-corrected chi connectivity index (χ2v) is 7.39. The van der Waals surface area contributed by atoms with Gasteiger partial charge in [-0.1, -0.05) is 50.8 Å². The van der Waals surface area contributed by atoms with Crippen LogP contribution in [0.1, 0.15) is 44.6 Å². The monoisotopic (exact) mass is 402 g/mol. The summed E-state index contributed by atoms with van der Waals surface area (Å²) in [5.74, 6) is 0.0713. The number of para-hydroxylation sites is 1. The number of hydrogen-bond donors (Lipinski definition) is 1. The molecule has 0 fully saturated rings. The predicted octanol–water partition coefficient (Wildman–Crippen LogP) is 1.32. The molecule has 1 N–H and O–H groups in total. The Balaban J connectivity index is 0.00000338. The molecule has 7 heteroatoms. The summed E-state index contributed by atoms with van der Waals surface area (Å²) in [6.45, 7) is 2.16. The third-order valence-electron chi connectivity index (χ3n) is 3.86. The van der Waals surface area contributed by atoms with Crippen molar-refractivity contribution in [1.82, 2.24) is 0 Å². The first-order valence-electron chi connectivity index (χ1n) is 8.45. The molecule has 0 bridgehead atoms. The molecule has 136 valence electrons. The molecule has 0 aliphatic heterocycles. The topological polar surface area (TPSA) is 86.7 Å². The van der Waals surface area contributed by atoms with Gasteiger partial charge in [0.05, 0.1) is 0 Å². The number of aryl methyl sites for hydroxylation is 1. The summed E-state index contributed by atoms with van der Waals surface area (Å²) in [5, 5.41) is 11.9. The standard InChI is InChI=1S/C19H24O5S.K/c1-2-3-4-5-6-9-15-12-16(20)14-17(13-15)24-18-10-7-8-11-19(18)25(21,22)23;/h7-8,10-14,20H,2-6,9H2,1H3,(H,21,22,23);/q;+1/p-1. The molecular formula is C19H23KO5S. The molecule has 0 spiro atoms. The Bertz CT molecular complexity index is 805. The Labute approximate surface area is 198 Å². The summed E-state index contributed by atoms with van der Waals surface area (Å²) < 4.78 is 37.7. The minimum Gasteiger partial charge on any atom is -0.872 e. The second-order valence-electron chi connectivity index (χ2n) is 6.00. The molecular weight excluding hydrogens is 379 g/mol. The Morgan fingerprint density at radius 2 is 1.73 bits per heavy atom. The summed E-state index contributed by atoms with van der Waals surface area (Å²) in [7, 11) is -4.40. The van der Waals surface area contributed by atoms with Gasteiger partial charge in [-0.3, -0.25) is 4.55 Å². The molecule has 0 aliphatic rings. The van der Waals surface area contributed by atoms with Gasteiger partial charge in [0, 0.05) is 0 Å². The zero-order valence-corrected chi connectivity index (χ0v) is 19.2. The van der Waals surface area contributed by atoms with Crippen LogP contribution in [0.3, 0.4) is 0 Å². The molecule has 0 saturated heterocycles. The summed E-state index contributed by atoms with van der Waals surface area (Å²) in [6.07, 6.45) is 6.45. The number of rotatable bonds is 9. The first-order valence-corrected chi connectivity index (χ1v) is 9.89. The third kappa shape index (κ3) is 7.68. The Kier molecular flexibility index (Phi) is 10.4. The average Bonchev–Trinajstić information content (AvgIpc) is 2.54. The molecule has 2 aromatic rings. The number of benzene rings is 2. The van der Waals surface area contributed by atoms with E-state index in [9.17, 15) is 18.1 Å². The van der Waals surface area contributed by atoms with Crippen LogP contribution in [-0.4, -0.2) is 13.0 Å². The molecule has 0 radical (unpaired) electrons. The fraction of sp³-hybridized carbons (Fsp3) is 0.368. The minimum absolute atomic E-state index is 0. The smallest absolute Gasteiger partial charge is 0.872 e. The van der Waals surface area contributed by atoms with Crippen LogP contribution in [0.25, 0.3) is 0 Å². The van der Waals surface area contributed by atoms with Gasteiger partial charge >= 0.3 is 51.4 Å². The van der Waals surface area contributed by atoms with E-state index in [4.69, 9.17) is 4.74 Å². The van der Waals surface area contributed by atoms with Crippen molar-refractivity contribution in [2.75, 3.05) is 0 Å². The second kappa shape index (κ2) is 11.4. The van der Waals surface area contributed by atoms with E-state index in [1.54, 1.807) is 18.2 Å². The van der Waals surface area contributed by atoms with Gasteiger partial charge in [0.1, 0.15) is 16.4 Å². The normalized spacial score (nSPS) is 11.0. The summed E-state index contributed by atoms with van der Waals surface area (Å²) >= 11 is 0. The van der Waals surface area contributed by atoms with Crippen LogP contribution in [0, 0.1) is 0 Å². The first-order chi connectivity index (χ1) is 11.9. The molecule has 0 atom stereocenters. The molecule has 0 aromatic heterocycles. The zero-order chi connectivity index (χ0) is 18.3. The van der Waals surface area contributed by atoms with E-state index in [0.717, 1.165) is 24.8 Å². The quantitative estimate of drug-likeness (QED) is 0.388. The van der Waals surface area contributed by atoms with Crippen LogP contribution < -0.4 is 61.2 Å². The largest absolute Gasteiger partial charge is 1.00 e. The van der Waals surface area contributed by atoms with E-state index >= 15 is 0 Å². The maximum atomic E-state index is 11.9. The van der Waals surface area contributed by atoms with Crippen molar-refractivity contribution in [2.45, 2.75) is 50.3 Å². The molecule has 2 aromatic carbocycles. The molecule has 5 nitrogen and oxygen atoms in total. The van der Waals surface area contributed by atoms with Crippen LogP contribution in [0.5, 0.6) is 17.2 Å². The maximum absolute atomic E-state index is 11.9. The van der Waals surface area contributed by atoms with Crippen LogP contribution in [0.15, 0.2) is 47.4 Å². The van der Waals surface area contributed by atoms with E-state index in [1.165, 1.54) is 43.5 Å². The molecule has 0 saturated carbocycles. The molecule has 0 amide bonds. The van der Waals surface area contributed by atoms with E-state index < -0.39 is 10.1 Å². The summed E-state index contributed by atoms with van der Waals surface area (Å²) in [6, 6.07) is 10.4. The fourth-order valence-electron chi connectivity index (χ4n) is 2.64. The van der Waals surface area contributed by atoms with Gasteiger partial charge in [0.2, 0.25) is 0 Å². The predicted molar refractivity (Wildman–Crippen MR) is 94.7 cm³/mol. The fourth-order valence-corrected chi connectivity index (χ4v) is 3.26. The molecule has 0 unspecified atom stereocenters. The van der Waals surface area contributed by atoms with Crippen molar-refractivity contribution in [1.29, 1.82) is 0 Å². The van der Waals surface area contributed by atoms with Crippen LogP contribution in [-0.2, 0) is 16.5 Å². The van der Waals surface area contributed by atoms with Gasteiger partial charge in [-0.05, 0) is 42.7 Å². The Hall–Kier alpha value is -0.414. The zero-order valence-electron chi connectivity index (χ0n) is 15.3. The molecule has 2 rings (SSSR count). The average molecular weight is 403 g/mol. The van der Waals surface area contributed by atoms with E-state index in [2.05, 4.69) is 6.92 Å². The van der Waals surface area contributed by atoms with Gasteiger partial charge in [-0.2, -0.15) is 8.42 Å². The van der Waals surface area contributed by atoms with Gasteiger partial charge in [0.25, 0.3) is 10.1 Å². The van der Waals surface area contributed by atoms with E-state index in [0.29, 0.717) is 0 Å². The number of hydrogen-bond acceptors (Lipinski definition) is 4. The third-order valence-corrected chi connectivity index (χ3v) is 4.76. The Morgan fingerprint density at radius 3 is 2.42 bits per heavy atom.